The van der Waals surface area contributed by atoms with Gasteiger partial charge in [-0.05, 0) is 4.71 Å². The van der Waals surface area contributed by atoms with Crippen LogP contribution in [0.1, 0.15) is 6.42 Å². The van der Waals surface area contributed by atoms with Crippen LogP contribution in [0.5, 0.6) is 0 Å². The zero-order valence-corrected chi connectivity index (χ0v) is 8.14. The molecule has 1 fully saturated rings. The smallest absolute Gasteiger partial charge is 0.192 e. The molecule has 6 heteroatoms. The number of hydrogen-bond donors (Lipinski definition) is 0. The molecule has 1 atom stereocenters. The minimum atomic E-state index is -4.71. The van der Waals surface area contributed by atoms with Crippen molar-refractivity contribution < 1.29 is 22.0 Å². The van der Waals surface area contributed by atoms with E-state index >= 15 is 0 Å². The summed E-state index contributed by atoms with van der Waals surface area (Å²) in [6.45, 7) is -0.927. The Balaban J connectivity index is 2.49. The first kappa shape index (κ1) is 11.3. The zero-order chi connectivity index (χ0) is 12.0. The van der Waals surface area contributed by atoms with E-state index in [0.717, 1.165) is 12.1 Å². The number of benzene rings is 1. The predicted octanol–water partition coefficient (Wildman–Crippen LogP) is 3.51. The maximum Gasteiger partial charge on any atom is 0.495 e. The molecule has 88 valence electrons. The highest BCUT2D eigenvalue weighted by molar-refractivity contribution is 5.43. The molecule has 0 bridgehead atoms. The number of para-hydroxylation sites is 1. The van der Waals surface area contributed by atoms with Crippen LogP contribution < -0.4 is 4.71 Å². The second-order valence-electron chi connectivity index (χ2n) is 3.77. The van der Waals surface area contributed by atoms with Crippen LogP contribution in [0, 0.1) is 0 Å². The van der Waals surface area contributed by atoms with E-state index in [0.29, 0.717) is 0 Å². The number of hydrogen-bond acceptors (Lipinski definition) is 0. The number of quaternary nitrogens is 1. The van der Waals surface area contributed by atoms with Gasteiger partial charge < -0.3 is 0 Å². The second kappa shape index (κ2) is 3.16. The number of alkyl halides is 4. The van der Waals surface area contributed by atoms with Crippen LogP contribution in [-0.2, 0) is 0 Å². The third-order valence-electron chi connectivity index (χ3n) is 2.78. The normalized spacial score (nSPS) is 31.6. The summed E-state index contributed by atoms with van der Waals surface area (Å²) in [5.41, 5.74) is -0.454. The van der Waals surface area contributed by atoms with Crippen molar-refractivity contribution in [2.24, 2.45) is 0 Å². The predicted molar refractivity (Wildman–Crippen MR) is 48.7 cm³/mol. The van der Waals surface area contributed by atoms with Gasteiger partial charge in [0.05, 0.1) is 6.42 Å². The minimum Gasteiger partial charge on any atom is -0.192 e. The molecule has 1 aliphatic heterocycles. The Kier molecular flexibility index (Phi) is 2.24. The largest absolute Gasteiger partial charge is 0.495 e. The molecule has 1 heterocycles. The van der Waals surface area contributed by atoms with E-state index in [-0.39, 0.29) is 0 Å². The highest BCUT2D eigenvalue weighted by Crippen LogP contribution is 2.53. The van der Waals surface area contributed by atoms with E-state index in [2.05, 4.69) is 0 Å². The van der Waals surface area contributed by atoms with Crippen LogP contribution in [0.15, 0.2) is 30.3 Å². The van der Waals surface area contributed by atoms with Gasteiger partial charge in [-0.1, -0.05) is 18.2 Å². The highest BCUT2D eigenvalue weighted by atomic mass is 19.3. The summed E-state index contributed by atoms with van der Waals surface area (Å²) in [5, 5.41) is 0. The van der Waals surface area contributed by atoms with Gasteiger partial charge in [0.1, 0.15) is 6.54 Å². The molecule has 0 amide bonds. The monoisotopic (exact) mass is 238 g/mol. The van der Waals surface area contributed by atoms with Crippen molar-refractivity contribution in [2.75, 3.05) is 6.54 Å². The molecule has 1 nitrogen and oxygen atoms in total. The SMILES string of the molecule is FC1(F)CC[N+](F)(c2ccccc2)C1(F)F. The van der Waals surface area contributed by atoms with Crippen molar-refractivity contribution in [3.63, 3.8) is 0 Å². The molecule has 1 aromatic carbocycles. The van der Waals surface area contributed by atoms with Gasteiger partial charge in [-0.2, -0.15) is 8.78 Å². The topological polar surface area (TPSA) is 0 Å². The van der Waals surface area contributed by atoms with E-state index in [1.54, 1.807) is 0 Å². The zero-order valence-electron chi connectivity index (χ0n) is 8.14. The number of halogens is 5. The molecule has 0 aromatic heterocycles. The van der Waals surface area contributed by atoms with Crippen LogP contribution in [-0.4, -0.2) is 18.5 Å². The standard InChI is InChI=1S/C10H9F5N/c11-9(12)6-7-16(15,10(9,13)14)8-4-2-1-3-5-8/h1-5H,6-7H2/q+1. The van der Waals surface area contributed by atoms with Crippen molar-refractivity contribution in [2.45, 2.75) is 18.4 Å². The average Bonchev–Trinajstić information content (AvgIpc) is 2.41. The van der Waals surface area contributed by atoms with Gasteiger partial charge in [0, 0.05) is 16.6 Å². The molecule has 0 radical (unpaired) electrons. The Morgan fingerprint density at radius 3 is 2.00 bits per heavy atom. The average molecular weight is 238 g/mol. The summed E-state index contributed by atoms with van der Waals surface area (Å²) < 4.78 is 63.9. The number of rotatable bonds is 1. The molecule has 0 N–H and O–H groups in total. The Bertz CT molecular complexity index is 391. The van der Waals surface area contributed by atoms with Crippen molar-refractivity contribution >= 4 is 5.69 Å². The summed E-state index contributed by atoms with van der Waals surface area (Å²) >= 11 is 0. The molecule has 1 aromatic rings. The van der Waals surface area contributed by atoms with Gasteiger partial charge in [0.2, 0.25) is 0 Å². The number of nitrogens with zero attached hydrogens (tertiary/aromatic N) is 1. The maximum absolute atomic E-state index is 14.0. The molecular weight excluding hydrogens is 229 g/mol. The van der Waals surface area contributed by atoms with Gasteiger partial charge >= 0.3 is 12.0 Å². The van der Waals surface area contributed by atoms with Gasteiger partial charge in [0.15, 0.2) is 5.69 Å². The summed E-state index contributed by atoms with van der Waals surface area (Å²) in [7, 11) is 0. The first-order valence-corrected chi connectivity index (χ1v) is 4.70. The molecule has 0 saturated carbocycles. The van der Waals surface area contributed by atoms with E-state index in [1.807, 2.05) is 0 Å². The summed E-state index contributed by atoms with van der Waals surface area (Å²) in [6.07, 6.45) is -1.16. The molecule has 1 unspecified atom stereocenters. The Morgan fingerprint density at radius 2 is 1.56 bits per heavy atom. The first-order chi connectivity index (χ1) is 7.31. The van der Waals surface area contributed by atoms with Crippen LogP contribution in [0.25, 0.3) is 0 Å². The first-order valence-electron chi connectivity index (χ1n) is 4.70. The third-order valence-corrected chi connectivity index (χ3v) is 2.78. The lowest BCUT2D eigenvalue weighted by Crippen LogP contribution is -2.56. The lowest BCUT2D eigenvalue weighted by Gasteiger charge is -2.27. The molecule has 2 rings (SSSR count). The quantitative estimate of drug-likeness (QED) is 0.399. The van der Waals surface area contributed by atoms with Gasteiger partial charge in [-0.15, -0.1) is 8.78 Å². The van der Waals surface area contributed by atoms with E-state index < -0.39 is 35.3 Å². The fraction of sp³-hybridized carbons (Fsp3) is 0.400. The molecule has 1 aliphatic rings. The molecular formula is C10H9F5N+. The van der Waals surface area contributed by atoms with Crippen LogP contribution in [0.3, 0.4) is 0 Å². The van der Waals surface area contributed by atoms with Crippen molar-refractivity contribution in [3.05, 3.63) is 30.3 Å². The molecule has 16 heavy (non-hydrogen) atoms. The fourth-order valence-corrected chi connectivity index (χ4v) is 1.80. The third kappa shape index (κ3) is 1.25. The maximum atomic E-state index is 14.0. The summed E-state index contributed by atoms with van der Waals surface area (Å²) in [6, 6.07) is 1.61. The van der Waals surface area contributed by atoms with Crippen molar-refractivity contribution in [3.8, 4) is 0 Å². The van der Waals surface area contributed by atoms with E-state index in [9.17, 15) is 22.0 Å². The van der Waals surface area contributed by atoms with Gasteiger partial charge in [-0.25, -0.2) is 0 Å². The highest BCUT2D eigenvalue weighted by Gasteiger charge is 2.79. The van der Waals surface area contributed by atoms with Crippen molar-refractivity contribution in [1.82, 2.24) is 4.71 Å². The Morgan fingerprint density at radius 1 is 1.00 bits per heavy atom. The van der Waals surface area contributed by atoms with E-state index in [1.165, 1.54) is 18.2 Å². The van der Waals surface area contributed by atoms with Gasteiger partial charge in [-0.3, -0.25) is 0 Å². The van der Waals surface area contributed by atoms with Crippen LogP contribution in [0.4, 0.5) is 27.7 Å². The van der Waals surface area contributed by atoms with Crippen LogP contribution >= 0.6 is 0 Å². The Hall–Kier alpha value is -1.17. The van der Waals surface area contributed by atoms with E-state index in [4.69, 9.17) is 0 Å². The molecule has 0 spiro atoms. The molecule has 0 aliphatic carbocycles. The summed E-state index contributed by atoms with van der Waals surface area (Å²) in [5.74, 6) is -4.31. The Labute approximate surface area is 88.6 Å². The lowest BCUT2D eigenvalue weighted by molar-refractivity contribution is -0.287. The van der Waals surface area contributed by atoms with Crippen molar-refractivity contribution in [1.29, 1.82) is 0 Å². The fourth-order valence-electron chi connectivity index (χ4n) is 1.80. The van der Waals surface area contributed by atoms with Gasteiger partial charge in [0.25, 0.3) is 0 Å². The van der Waals surface area contributed by atoms with Crippen LogP contribution in [0.2, 0.25) is 0 Å². The minimum absolute atomic E-state index is 0.454. The molecule has 1 saturated heterocycles. The lowest BCUT2D eigenvalue weighted by atomic mass is 10.2. The second-order valence-corrected chi connectivity index (χ2v) is 3.77. The summed E-state index contributed by atoms with van der Waals surface area (Å²) in [4.78, 5) is 0.